The molecule has 2 heterocycles. The summed E-state index contributed by atoms with van der Waals surface area (Å²) in [5, 5.41) is 3.06. The van der Waals surface area contributed by atoms with Crippen molar-refractivity contribution in [3.05, 3.63) is 41.3 Å². The second-order valence-electron chi connectivity index (χ2n) is 3.83. The SMILES string of the molecule is COCCNC(=O)/C=C/c1c(Cl)nc2ccccn12. The van der Waals surface area contributed by atoms with Gasteiger partial charge in [0.25, 0.3) is 0 Å². The number of nitrogens with one attached hydrogen (secondary N) is 1. The number of carbonyl (C=O) groups excluding carboxylic acids is 1. The van der Waals surface area contributed by atoms with Crippen molar-refractivity contribution >= 4 is 29.2 Å². The minimum absolute atomic E-state index is 0.195. The van der Waals surface area contributed by atoms with Crippen LogP contribution in [0, 0.1) is 0 Å². The van der Waals surface area contributed by atoms with Crippen LogP contribution in [-0.2, 0) is 9.53 Å². The molecule has 2 rings (SSSR count). The fourth-order valence-corrected chi connectivity index (χ4v) is 1.87. The zero-order chi connectivity index (χ0) is 13.7. The number of methoxy groups -OCH3 is 1. The van der Waals surface area contributed by atoms with Gasteiger partial charge >= 0.3 is 0 Å². The van der Waals surface area contributed by atoms with Gasteiger partial charge in [-0.3, -0.25) is 9.20 Å². The molecule has 0 unspecified atom stereocenters. The van der Waals surface area contributed by atoms with Crippen LogP contribution in [0.15, 0.2) is 30.5 Å². The zero-order valence-electron chi connectivity index (χ0n) is 10.5. The normalized spacial score (nSPS) is 11.3. The number of imidazole rings is 1. The van der Waals surface area contributed by atoms with E-state index < -0.39 is 0 Å². The van der Waals surface area contributed by atoms with E-state index in [4.69, 9.17) is 16.3 Å². The maximum absolute atomic E-state index is 11.5. The highest BCUT2D eigenvalue weighted by Crippen LogP contribution is 2.18. The lowest BCUT2D eigenvalue weighted by Gasteiger charge is -2.00. The fraction of sp³-hybridized carbons (Fsp3) is 0.231. The molecule has 0 spiro atoms. The molecular formula is C13H14ClN3O2. The van der Waals surface area contributed by atoms with E-state index in [2.05, 4.69) is 10.3 Å². The van der Waals surface area contributed by atoms with Crippen molar-refractivity contribution in [2.24, 2.45) is 0 Å². The van der Waals surface area contributed by atoms with Gasteiger partial charge < -0.3 is 10.1 Å². The standard InChI is InChI=1S/C13H14ClN3O2/c1-19-9-7-15-12(18)6-5-10-13(14)16-11-4-2-3-8-17(10)11/h2-6,8H,7,9H2,1H3,(H,15,18)/b6-5+. The predicted molar refractivity (Wildman–Crippen MR) is 74.1 cm³/mol. The molecule has 1 N–H and O–H groups in total. The molecule has 100 valence electrons. The van der Waals surface area contributed by atoms with Gasteiger partial charge in [-0.25, -0.2) is 4.98 Å². The highest BCUT2D eigenvalue weighted by atomic mass is 35.5. The van der Waals surface area contributed by atoms with Gasteiger partial charge in [-0.15, -0.1) is 0 Å². The first-order chi connectivity index (χ1) is 9.22. The molecule has 5 nitrogen and oxygen atoms in total. The Morgan fingerprint density at radius 1 is 1.58 bits per heavy atom. The molecule has 19 heavy (non-hydrogen) atoms. The van der Waals surface area contributed by atoms with Crippen molar-refractivity contribution in [1.82, 2.24) is 14.7 Å². The molecule has 0 aliphatic heterocycles. The zero-order valence-corrected chi connectivity index (χ0v) is 11.2. The third-order valence-electron chi connectivity index (χ3n) is 2.52. The Morgan fingerprint density at radius 3 is 3.21 bits per heavy atom. The van der Waals surface area contributed by atoms with E-state index in [9.17, 15) is 4.79 Å². The first-order valence-corrected chi connectivity index (χ1v) is 6.17. The summed E-state index contributed by atoms with van der Waals surface area (Å²) in [7, 11) is 1.58. The molecule has 0 saturated heterocycles. The molecule has 6 heteroatoms. The summed E-state index contributed by atoms with van der Waals surface area (Å²) in [6.45, 7) is 0.955. The average Bonchev–Trinajstić information content (AvgIpc) is 2.72. The smallest absolute Gasteiger partial charge is 0.244 e. The van der Waals surface area contributed by atoms with Gasteiger partial charge in [-0.05, 0) is 18.2 Å². The summed E-state index contributed by atoms with van der Waals surface area (Å²) in [6, 6.07) is 5.60. The largest absolute Gasteiger partial charge is 0.383 e. The van der Waals surface area contributed by atoms with E-state index in [0.717, 1.165) is 5.65 Å². The Kier molecular flexibility index (Phi) is 4.54. The maximum Gasteiger partial charge on any atom is 0.244 e. The average molecular weight is 280 g/mol. The number of pyridine rings is 1. The fourth-order valence-electron chi connectivity index (χ4n) is 1.63. The van der Waals surface area contributed by atoms with Crippen LogP contribution in [0.2, 0.25) is 5.15 Å². The second-order valence-corrected chi connectivity index (χ2v) is 4.19. The minimum Gasteiger partial charge on any atom is -0.383 e. The molecule has 2 aromatic rings. The van der Waals surface area contributed by atoms with Crippen LogP contribution in [0.25, 0.3) is 11.7 Å². The monoisotopic (exact) mass is 279 g/mol. The highest BCUT2D eigenvalue weighted by molar-refractivity contribution is 6.31. The number of amides is 1. The van der Waals surface area contributed by atoms with Crippen LogP contribution in [0.3, 0.4) is 0 Å². The molecule has 1 amide bonds. The van der Waals surface area contributed by atoms with Crippen LogP contribution < -0.4 is 5.32 Å². The van der Waals surface area contributed by atoms with Crippen LogP contribution in [-0.4, -0.2) is 35.6 Å². The van der Waals surface area contributed by atoms with E-state index in [-0.39, 0.29) is 5.91 Å². The Labute approximate surface area is 115 Å². The Bertz CT molecular complexity index is 607. The Balaban J connectivity index is 2.12. The summed E-state index contributed by atoms with van der Waals surface area (Å²) < 4.78 is 6.67. The number of carbonyl (C=O) groups is 1. The number of aromatic nitrogens is 2. The third kappa shape index (κ3) is 3.33. The van der Waals surface area contributed by atoms with Gasteiger partial charge in [0.15, 0.2) is 5.15 Å². The molecule has 0 aliphatic carbocycles. The molecule has 0 fully saturated rings. The number of nitrogens with zero attached hydrogens (tertiary/aromatic N) is 2. The van der Waals surface area contributed by atoms with Crippen molar-refractivity contribution < 1.29 is 9.53 Å². The first-order valence-electron chi connectivity index (χ1n) is 5.80. The lowest BCUT2D eigenvalue weighted by molar-refractivity contribution is -0.116. The third-order valence-corrected chi connectivity index (χ3v) is 2.80. The maximum atomic E-state index is 11.5. The number of ether oxygens (including phenoxy) is 1. The number of halogens is 1. The van der Waals surface area contributed by atoms with Crippen LogP contribution >= 0.6 is 11.6 Å². The number of fused-ring (bicyclic) bond motifs is 1. The lowest BCUT2D eigenvalue weighted by Crippen LogP contribution is -2.24. The minimum atomic E-state index is -0.195. The van der Waals surface area contributed by atoms with Gasteiger partial charge in [-0.2, -0.15) is 0 Å². The predicted octanol–water partition coefficient (Wildman–Crippen LogP) is 1.76. The van der Waals surface area contributed by atoms with Crippen LogP contribution in [0.5, 0.6) is 0 Å². The lowest BCUT2D eigenvalue weighted by atomic mass is 10.3. The van der Waals surface area contributed by atoms with Crippen molar-refractivity contribution in [3.63, 3.8) is 0 Å². The number of rotatable bonds is 5. The number of hydrogen-bond donors (Lipinski definition) is 1. The Hall–Kier alpha value is -1.85. The van der Waals surface area contributed by atoms with E-state index in [1.54, 1.807) is 13.2 Å². The summed E-state index contributed by atoms with van der Waals surface area (Å²) in [4.78, 5) is 15.7. The van der Waals surface area contributed by atoms with Crippen LogP contribution in [0.1, 0.15) is 5.69 Å². The number of hydrogen-bond acceptors (Lipinski definition) is 3. The molecule has 0 aromatic carbocycles. The second kappa shape index (κ2) is 6.36. The molecule has 0 atom stereocenters. The Morgan fingerprint density at radius 2 is 2.42 bits per heavy atom. The molecule has 0 bridgehead atoms. The summed E-state index contributed by atoms with van der Waals surface area (Å²) in [5.74, 6) is -0.195. The molecule has 2 aromatic heterocycles. The van der Waals surface area contributed by atoms with Crippen molar-refractivity contribution in [2.75, 3.05) is 20.3 Å². The molecule has 0 aliphatic rings. The van der Waals surface area contributed by atoms with E-state index in [0.29, 0.717) is 24.0 Å². The van der Waals surface area contributed by atoms with Gasteiger partial charge in [0, 0.05) is 25.9 Å². The molecule has 0 saturated carbocycles. The van der Waals surface area contributed by atoms with Gasteiger partial charge in [0.05, 0.1) is 12.3 Å². The summed E-state index contributed by atoms with van der Waals surface area (Å²) in [6.07, 6.45) is 4.92. The highest BCUT2D eigenvalue weighted by Gasteiger charge is 2.06. The van der Waals surface area contributed by atoms with E-state index in [1.165, 1.54) is 6.08 Å². The molecular weight excluding hydrogens is 266 g/mol. The van der Waals surface area contributed by atoms with Crippen molar-refractivity contribution in [2.45, 2.75) is 0 Å². The van der Waals surface area contributed by atoms with Crippen LogP contribution in [0.4, 0.5) is 0 Å². The van der Waals surface area contributed by atoms with Gasteiger partial charge in [0.1, 0.15) is 5.65 Å². The summed E-state index contributed by atoms with van der Waals surface area (Å²) in [5.41, 5.74) is 1.42. The van der Waals surface area contributed by atoms with Crippen molar-refractivity contribution in [3.8, 4) is 0 Å². The topological polar surface area (TPSA) is 55.6 Å². The summed E-state index contributed by atoms with van der Waals surface area (Å²) >= 11 is 6.04. The van der Waals surface area contributed by atoms with Gasteiger partial charge in [0.2, 0.25) is 5.91 Å². The van der Waals surface area contributed by atoms with E-state index >= 15 is 0 Å². The molecule has 0 radical (unpaired) electrons. The quantitative estimate of drug-likeness (QED) is 0.670. The van der Waals surface area contributed by atoms with Gasteiger partial charge in [-0.1, -0.05) is 17.7 Å². The van der Waals surface area contributed by atoms with E-state index in [1.807, 2.05) is 28.8 Å². The first kappa shape index (κ1) is 13.6. The van der Waals surface area contributed by atoms with Crippen molar-refractivity contribution in [1.29, 1.82) is 0 Å².